The highest BCUT2D eigenvalue weighted by Gasteiger charge is 2.29. The predicted molar refractivity (Wildman–Crippen MR) is 73.6 cm³/mol. The van der Waals surface area contributed by atoms with Crippen LogP contribution in [-0.4, -0.2) is 32.8 Å². The van der Waals surface area contributed by atoms with Crippen molar-refractivity contribution >= 4 is 21.6 Å². The molecule has 1 rings (SSSR count). The summed E-state index contributed by atoms with van der Waals surface area (Å²) in [6, 6.07) is 2.18. The van der Waals surface area contributed by atoms with Crippen LogP contribution in [0.4, 0.5) is 4.39 Å². The zero-order valence-corrected chi connectivity index (χ0v) is 13.0. The largest absolute Gasteiger partial charge is 0.392 e. The Morgan fingerprint density at radius 3 is 2.55 bits per heavy atom. The molecule has 0 aliphatic heterocycles. The van der Waals surface area contributed by atoms with Gasteiger partial charge in [0.05, 0.1) is 18.8 Å². The summed E-state index contributed by atoms with van der Waals surface area (Å²) in [5, 5.41) is 9.04. The van der Waals surface area contributed by atoms with Crippen molar-refractivity contribution in [1.29, 1.82) is 0 Å². The molecule has 0 saturated heterocycles. The van der Waals surface area contributed by atoms with Crippen LogP contribution in [0.25, 0.3) is 0 Å². The zero-order chi connectivity index (χ0) is 15.6. The summed E-state index contributed by atoms with van der Waals surface area (Å²) >= 11 is 5.74. The molecule has 1 aromatic rings. The van der Waals surface area contributed by atoms with Crippen molar-refractivity contribution in [2.75, 3.05) is 13.7 Å². The van der Waals surface area contributed by atoms with Gasteiger partial charge in [0.15, 0.2) is 0 Å². The molecule has 0 fully saturated rings. The molecule has 0 atom stereocenters. The third-order valence-electron chi connectivity index (χ3n) is 2.46. The second-order valence-electron chi connectivity index (χ2n) is 4.96. The van der Waals surface area contributed by atoms with Crippen LogP contribution in [-0.2, 0) is 21.4 Å². The van der Waals surface area contributed by atoms with Crippen molar-refractivity contribution in [1.82, 2.24) is 4.72 Å². The van der Waals surface area contributed by atoms with E-state index in [4.69, 9.17) is 21.4 Å². The van der Waals surface area contributed by atoms with Crippen LogP contribution in [0.5, 0.6) is 0 Å². The Hall–Kier alpha value is -0.730. The predicted octanol–water partition coefficient (Wildman–Crippen LogP) is 1.67. The molecule has 20 heavy (non-hydrogen) atoms. The first kappa shape index (κ1) is 17.3. The minimum absolute atomic E-state index is 0.0281. The molecule has 0 spiro atoms. The molecule has 5 nitrogen and oxygen atoms in total. The summed E-state index contributed by atoms with van der Waals surface area (Å²) in [5.41, 5.74) is -1.09. The lowest BCUT2D eigenvalue weighted by Gasteiger charge is -2.25. The number of rotatable bonds is 6. The van der Waals surface area contributed by atoms with Crippen molar-refractivity contribution in [3.8, 4) is 0 Å². The van der Waals surface area contributed by atoms with Crippen LogP contribution in [0.2, 0.25) is 5.02 Å². The number of hydrogen-bond acceptors (Lipinski definition) is 4. The summed E-state index contributed by atoms with van der Waals surface area (Å²) in [7, 11) is -2.70. The number of hydrogen-bond donors (Lipinski definition) is 2. The van der Waals surface area contributed by atoms with Crippen LogP contribution >= 0.6 is 11.6 Å². The van der Waals surface area contributed by atoms with E-state index in [-0.39, 0.29) is 17.2 Å². The topological polar surface area (TPSA) is 75.6 Å². The number of aliphatic hydroxyl groups excluding tert-OH is 1. The zero-order valence-electron chi connectivity index (χ0n) is 11.4. The van der Waals surface area contributed by atoms with Crippen molar-refractivity contribution in [2.45, 2.75) is 30.9 Å². The van der Waals surface area contributed by atoms with E-state index < -0.39 is 32.9 Å². The second kappa shape index (κ2) is 6.36. The van der Waals surface area contributed by atoms with E-state index in [0.29, 0.717) is 0 Å². The Kier molecular flexibility index (Phi) is 5.51. The summed E-state index contributed by atoms with van der Waals surface area (Å²) < 4.78 is 45.7. The van der Waals surface area contributed by atoms with E-state index in [2.05, 4.69) is 4.72 Å². The molecule has 0 bridgehead atoms. The molecule has 0 aliphatic carbocycles. The molecule has 0 heterocycles. The maximum atomic E-state index is 14.0. The van der Waals surface area contributed by atoms with E-state index in [0.717, 1.165) is 6.07 Å². The first-order valence-electron chi connectivity index (χ1n) is 5.74. The molecule has 0 radical (unpaired) electrons. The lowest BCUT2D eigenvalue weighted by atomic mass is 10.1. The number of ether oxygens (including phenoxy) is 1. The van der Waals surface area contributed by atoms with Gasteiger partial charge in [-0.15, -0.1) is 0 Å². The molecular formula is C12H17ClFNO4S. The Morgan fingerprint density at radius 2 is 2.05 bits per heavy atom. The third kappa shape index (κ3) is 4.13. The normalized spacial score (nSPS) is 12.7. The number of aliphatic hydroxyl groups is 1. The first-order chi connectivity index (χ1) is 9.13. The van der Waals surface area contributed by atoms with Crippen LogP contribution in [0.3, 0.4) is 0 Å². The summed E-state index contributed by atoms with van der Waals surface area (Å²) in [5.74, 6) is -1.02. The standard InChI is InChI=1S/C12H17ClFNO4S/c1-12(2,7-19-3)15-20(17,18)10-5-9(13)4-8(6-16)11(10)14/h4-5,15-16H,6-7H2,1-3H3. The smallest absolute Gasteiger partial charge is 0.244 e. The lowest BCUT2D eigenvalue weighted by molar-refractivity contribution is 0.141. The van der Waals surface area contributed by atoms with Crippen molar-refractivity contribution in [2.24, 2.45) is 0 Å². The average Bonchev–Trinajstić information content (AvgIpc) is 2.29. The van der Waals surface area contributed by atoms with E-state index in [1.54, 1.807) is 13.8 Å². The highest BCUT2D eigenvalue weighted by Crippen LogP contribution is 2.24. The van der Waals surface area contributed by atoms with E-state index in [9.17, 15) is 12.8 Å². The fourth-order valence-electron chi connectivity index (χ4n) is 1.74. The monoisotopic (exact) mass is 325 g/mol. The highest BCUT2D eigenvalue weighted by atomic mass is 35.5. The molecule has 114 valence electrons. The van der Waals surface area contributed by atoms with Gasteiger partial charge in [0.1, 0.15) is 10.7 Å². The van der Waals surface area contributed by atoms with Crippen LogP contribution in [0.15, 0.2) is 17.0 Å². The van der Waals surface area contributed by atoms with E-state index in [1.807, 2.05) is 0 Å². The maximum absolute atomic E-state index is 14.0. The van der Waals surface area contributed by atoms with Crippen LogP contribution in [0.1, 0.15) is 19.4 Å². The van der Waals surface area contributed by atoms with E-state index >= 15 is 0 Å². The molecule has 2 N–H and O–H groups in total. The highest BCUT2D eigenvalue weighted by molar-refractivity contribution is 7.89. The van der Waals surface area contributed by atoms with Crippen LogP contribution in [0, 0.1) is 5.82 Å². The van der Waals surface area contributed by atoms with Gasteiger partial charge in [0.25, 0.3) is 0 Å². The molecule has 0 amide bonds. The minimum atomic E-state index is -4.13. The van der Waals surface area contributed by atoms with Crippen molar-refractivity contribution in [3.63, 3.8) is 0 Å². The van der Waals surface area contributed by atoms with Gasteiger partial charge in [-0.05, 0) is 26.0 Å². The number of halogens is 2. The van der Waals surface area contributed by atoms with Gasteiger partial charge in [0, 0.05) is 17.7 Å². The van der Waals surface area contributed by atoms with E-state index in [1.165, 1.54) is 13.2 Å². The minimum Gasteiger partial charge on any atom is -0.392 e. The van der Waals surface area contributed by atoms with Gasteiger partial charge < -0.3 is 9.84 Å². The average molecular weight is 326 g/mol. The first-order valence-corrected chi connectivity index (χ1v) is 7.61. The second-order valence-corrected chi connectivity index (χ2v) is 7.04. The molecule has 0 aromatic heterocycles. The third-order valence-corrected chi connectivity index (χ3v) is 4.37. The van der Waals surface area contributed by atoms with Crippen molar-refractivity contribution in [3.05, 3.63) is 28.5 Å². The Morgan fingerprint density at radius 1 is 1.45 bits per heavy atom. The Bertz CT molecular complexity index is 589. The molecule has 1 aromatic carbocycles. The van der Waals surface area contributed by atoms with Gasteiger partial charge in [-0.3, -0.25) is 0 Å². The Labute approximate surface area is 122 Å². The van der Waals surface area contributed by atoms with Gasteiger partial charge >= 0.3 is 0 Å². The number of nitrogens with one attached hydrogen (secondary N) is 1. The molecule has 0 unspecified atom stereocenters. The molecule has 0 aliphatic rings. The Balaban J connectivity index is 3.26. The van der Waals surface area contributed by atoms with Gasteiger partial charge in [0.2, 0.25) is 10.0 Å². The SMILES string of the molecule is COCC(C)(C)NS(=O)(=O)c1cc(Cl)cc(CO)c1F. The fourth-order valence-corrected chi connectivity index (χ4v) is 3.59. The summed E-state index contributed by atoms with van der Waals surface area (Å²) in [4.78, 5) is -0.599. The number of benzene rings is 1. The number of methoxy groups -OCH3 is 1. The number of sulfonamides is 1. The maximum Gasteiger partial charge on any atom is 0.244 e. The molecule has 0 saturated carbocycles. The summed E-state index contributed by atoms with van der Waals surface area (Å²) in [6.45, 7) is 2.67. The lowest BCUT2D eigenvalue weighted by Crippen LogP contribution is -2.46. The van der Waals surface area contributed by atoms with Gasteiger partial charge in [-0.2, -0.15) is 0 Å². The molecular weight excluding hydrogens is 309 g/mol. The molecule has 8 heteroatoms. The summed E-state index contributed by atoms with van der Waals surface area (Å²) in [6.07, 6.45) is 0. The quantitative estimate of drug-likeness (QED) is 0.834. The van der Waals surface area contributed by atoms with Crippen LogP contribution < -0.4 is 4.72 Å². The fraction of sp³-hybridized carbons (Fsp3) is 0.500. The van der Waals surface area contributed by atoms with Gasteiger partial charge in [-0.1, -0.05) is 11.6 Å². The van der Waals surface area contributed by atoms with Gasteiger partial charge in [-0.25, -0.2) is 17.5 Å². The van der Waals surface area contributed by atoms with Crippen molar-refractivity contribution < 1.29 is 22.7 Å².